The largest absolute Gasteiger partial charge is 0.356 e. The van der Waals surface area contributed by atoms with E-state index < -0.39 is 0 Å². The fourth-order valence-corrected chi connectivity index (χ4v) is 3.78. The molecule has 2 amide bonds. The van der Waals surface area contributed by atoms with E-state index in [9.17, 15) is 9.59 Å². The zero-order valence-corrected chi connectivity index (χ0v) is 15.0. The summed E-state index contributed by atoms with van der Waals surface area (Å²) in [7, 11) is 0. The monoisotopic (exact) mass is 322 g/mol. The van der Waals surface area contributed by atoms with E-state index in [2.05, 4.69) is 24.1 Å². The first-order chi connectivity index (χ1) is 11.1. The second-order valence-electron chi connectivity index (χ2n) is 7.76. The highest BCUT2D eigenvalue weighted by atomic mass is 16.2. The van der Waals surface area contributed by atoms with Gasteiger partial charge in [0.2, 0.25) is 11.8 Å². The first-order valence-corrected chi connectivity index (χ1v) is 9.64. The molecule has 2 aliphatic rings. The van der Waals surface area contributed by atoms with Crippen molar-refractivity contribution in [1.82, 2.24) is 10.2 Å². The Morgan fingerprint density at radius 2 is 1.52 bits per heavy atom. The van der Waals surface area contributed by atoms with E-state index in [0.717, 1.165) is 64.6 Å². The Morgan fingerprint density at radius 3 is 2.09 bits per heavy atom. The van der Waals surface area contributed by atoms with Crippen molar-refractivity contribution in [1.29, 1.82) is 0 Å². The van der Waals surface area contributed by atoms with Crippen molar-refractivity contribution in [2.45, 2.75) is 71.6 Å². The third-order valence-corrected chi connectivity index (χ3v) is 5.39. The molecule has 0 unspecified atom stereocenters. The van der Waals surface area contributed by atoms with Gasteiger partial charge < -0.3 is 10.2 Å². The van der Waals surface area contributed by atoms with Crippen molar-refractivity contribution >= 4 is 11.8 Å². The Bertz CT molecular complexity index is 379. The highest BCUT2D eigenvalue weighted by molar-refractivity contribution is 5.81. The fraction of sp³-hybridized carbons (Fsp3) is 0.895. The average molecular weight is 322 g/mol. The average Bonchev–Trinajstić information content (AvgIpc) is 2.83. The summed E-state index contributed by atoms with van der Waals surface area (Å²) in [5, 5.41) is 3.07. The molecule has 132 valence electrons. The molecule has 0 bridgehead atoms. The summed E-state index contributed by atoms with van der Waals surface area (Å²) < 4.78 is 0. The van der Waals surface area contributed by atoms with Gasteiger partial charge in [0.25, 0.3) is 0 Å². The van der Waals surface area contributed by atoms with Crippen LogP contribution in [-0.2, 0) is 9.59 Å². The lowest BCUT2D eigenvalue weighted by molar-refractivity contribution is -0.138. The maximum Gasteiger partial charge on any atom is 0.225 e. The third kappa shape index (κ3) is 5.82. The second kappa shape index (κ2) is 9.29. The number of hydrogen-bond donors (Lipinski definition) is 1. The third-order valence-electron chi connectivity index (χ3n) is 5.39. The van der Waals surface area contributed by atoms with Gasteiger partial charge in [0.15, 0.2) is 0 Å². The first-order valence-electron chi connectivity index (χ1n) is 9.64. The second-order valence-corrected chi connectivity index (χ2v) is 7.76. The van der Waals surface area contributed by atoms with Gasteiger partial charge in [-0.25, -0.2) is 0 Å². The summed E-state index contributed by atoms with van der Waals surface area (Å²) in [5.74, 6) is 1.46. The van der Waals surface area contributed by atoms with Crippen molar-refractivity contribution in [3.05, 3.63) is 0 Å². The fourth-order valence-electron chi connectivity index (χ4n) is 3.78. The number of likely N-dealkylation sites (tertiary alicyclic amines) is 1. The lowest BCUT2D eigenvalue weighted by atomic mass is 9.81. The van der Waals surface area contributed by atoms with Crippen LogP contribution in [0.5, 0.6) is 0 Å². The normalized spacial score (nSPS) is 26.0. The van der Waals surface area contributed by atoms with Gasteiger partial charge >= 0.3 is 0 Å². The Hall–Kier alpha value is -1.06. The summed E-state index contributed by atoms with van der Waals surface area (Å²) in [6.07, 6.45) is 9.37. The van der Waals surface area contributed by atoms with Gasteiger partial charge in [0.05, 0.1) is 0 Å². The van der Waals surface area contributed by atoms with Crippen LogP contribution in [0.15, 0.2) is 0 Å². The minimum absolute atomic E-state index is 0.121. The number of rotatable bonds is 5. The van der Waals surface area contributed by atoms with E-state index in [4.69, 9.17) is 0 Å². The van der Waals surface area contributed by atoms with E-state index in [1.165, 1.54) is 12.8 Å². The zero-order chi connectivity index (χ0) is 16.7. The highest BCUT2D eigenvalue weighted by Gasteiger charge is 2.32. The van der Waals surface area contributed by atoms with Gasteiger partial charge in [-0.1, -0.05) is 26.7 Å². The van der Waals surface area contributed by atoms with Gasteiger partial charge in [-0.3, -0.25) is 9.59 Å². The molecular formula is C19H34N2O2. The van der Waals surface area contributed by atoms with Crippen molar-refractivity contribution in [3.63, 3.8) is 0 Å². The maximum atomic E-state index is 12.7. The van der Waals surface area contributed by atoms with Crippen LogP contribution in [0.25, 0.3) is 0 Å². The summed E-state index contributed by atoms with van der Waals surface area (Å²) in [4.78, 5) is 26.9. The summed E-state index contributed by atoms with van der Waals surface area (Å²) >= 11 is 0. The smallest absolute Gasteiger partial charge is 0.225 e. The molecule has 0 atom stereocenters. The molecule has 2 fully saturated rings. The van der Waals surface area contributed by atoms with Crippen molar-refractivity contribution < 1.29 is 9.59 Å². The predicted molar refractivity (Wildman–Crippen MR) is 93.0 cm³/mol. The molecule has 4 heteroatoms. The molecule has 1 aliphatic carbocycles. The number of amides is 2. The summed E-state index contributed by atoms with van der Waals surface area (Å²) in [6.45, 7) is 7.00. The van der Waals surface area contributed by atoms with Crippen LogP contribution in [-0.4, -0.2) is 36.3 Å². The molecule has 1 saturated heterocycles. The van der Waals surface area contributed by atoms with Crippen LogP contribution in [0.2, 0.25) is 0 Å². The summed E-state index contributed by atoms with van der Waals surface area (Å²) in [6, 6.07) is 0. The molecular weight excluding hydrogens is 288 g/mol. The van der Waals surface area contributed by atoms with Gasteiger partial charge in [-0.05, 0) is 50.9 Å². The van der Waals surface area contributed by atoms with Gasteiger partial charge in [0.1, 0.15) is 0 Å². The quantitative estimate of drug-likeness (QED) is 0.844. The van der Waals surface area contributed by atoms with Crippen molar-refractivity contribution in [3.8, 4) is 0 Å². The van der Waals surface area contributed by atoms with Gasteiger partial charge in [0, 0.05) is 31.5 Å². The van der Waals surface area contributed by atoms with E-state index >= 15 is 0 Å². The standard InChI is InChI=1S/C19H34N2O2/c1-15(2)11-12-20-18(22)16-7-9-17(10-8-16)19(23)21-13-5-3-4-6-14-21/h15-17H,3-14H2,1-2H3,(H,20,22). The van der Waals surface area contributed by atoms with E-state index in [-0.39, 0.29) is 17.7 Å². The van der Waals surface area contributed by atoms with Crippen LogP contribution in [0.1, 0.15) is 71.6 Å². The molecule has 0 aromatic heterocycles. The molecule has 2 rings (SSSR count). The Balaban J connectivity index is 1.72. The SMILES string of the molecule is CC(C)CCNC(=O)C1CCC(C(=O)N2CCCCCC2)CC1. The van der Waals surface area contributed by atoms with Gasteiger partial charge in [-0.2, -0.15) is 0 Å². The first kappa shape index (κ1) is 18.3. The Morgan fingerprint density at radius 1 is 0.957 bits per heavy atom. The predicted octanol–water partition coefficient (Wildman–Crippen LogP) is 3.36. The van der Waals surface area contributed by atoms with Crippen molar-refractivity contribution in [2.24, 2.45) is 17.8 Å². The van der Waals surface area contributed by atoms with E-state index in [0.29, 0.717) is 11.8 Å². The maximum absolute atomic E-state index is 12.7. The number of hydrogen-bond acceptors (Lipinski definition) is 2. The lowest BCUT2D eigenvalue weighted by Gasteiger charge is -2.31. The van der Waals surface area contributed by atoms with Crippen molar-refractivity contribution in [2.75, 3.05) is 19.6 Å². The molecule has 0 spiro atoms. The molecule has 1 N–H and O–H groups in total. The molecule has 1 saturated carbocycles. The Kier molecular flexibility index (Phi) is 7.38. The zero-order valence-electron chi connectivity index (χ0n) is 15.0. The number of carbonyl (C=O) groups excluding carboxylic acids is 2. The molecule has 4 nitrogen and oxygen atoms in total. The van der Waals surface area contributed by atoms with E-state index in [1.54, 1.807) is 0 Å². The Labute approximate surface area is 141 Å². The highest BCUT2D eigenvalue weighted by Crippen LogP contribution is 2.30. The minimum Gasteiger partial charge on any atom is -0.356 e. The van der Waals surface area contributed by atoms with Crippen LogP contribution < -0.4 is 5.32 Å². The molecule has 1 aliphatic heterocycles. The number of nitrogens with one attached hydrogen (secondary N) is 1. The van der Waals surface area contributed by atoms with Gasteiger partial charge in [-0.15, -0.1) is 0 Å². The lowest BCUT2D eigenvalue weighted by Crippen LogP contribution is -2.40. The van der Waals surface area contributed by atoms with E-state index in [1.807, 2.05) is 0 Å². The molecule has 0 aromatic carbocycles. The molecule has 1 heterocycles. The minimum atomic E-state index is 0.121. The van der Waals surface area contributed by atoms with Crippen LogP contribution in [0, 0.1) is 17.8 Å². The van der Waals surface area contributed by atoms with Crippen LogP contribution in [0.3, 0.4) is 0 Å². The summed E-state index contributed by atoms with van der Waals surface area (Å²) in [5.41, 5.74) is 0. The number of carbonyl (C=O) groups is 2. The molecule has 23 heavy (non-hydrogen) atoms. The topological polar surface area (TPSA) is 49.4 Å². The molecule has 0 aromatic rings. The number of nitrogens with zero attached hydrogens (tertiary/aromatic N) is 1. The van der Waals surface area contributed by atoms with Crippen LogP contribution in [0.4, 0.5) is 0 Å². The molecule has 0 radical (unpaired) electrons. The van der Waals surface area contributed by atoms with Crippen LogP contribution >= 0.6 is 0 Å².